The van der Waals surface area contributed by atoms with Gasteiger partial charge in [-0.1, -0.05) is 6.58 Å². The first-order valence-corrected chi connectivity index (χ1v) is 8.21. The van der Waals surface area contributed by atoms with E-state index in [1.54, 1.807) is 12.1 Å². The Kier molecular flexibility index (Phi) is 4.31. The summed E-state index contributed by atoms with van der Waals surface area (Å²) in [5, 5.41) is 7.64. The van der Waals surface area contributed by atoms with E-state index < -0.39 is 17.5 Å². The number of benzene rings is 2. The minimum Gasteiger partial charge on any atom is -0.447 e. The Morgan fingerprint density at radius 3 is 2.61 bits per heavy atom. The lowest BCUT2D eigenvalue weighted by Crippen LogP contribution is -2.07. The number of fused-ring (bicyclic) bond motifs is 2. The van der Waals surface area contributed by atoms with Crippen LogP contribution in [0.25, 0.3) is 33.2 Å². The van der Waals surface area contributed by atoms with E-state index in [4.69, 9.17) is 4.74 Å². The van der Waals surface area contributed by atoms with E-state index in [9.17, 15) is 13.2 Å². The van der Waals surface area contributed by atoms with Crippen LogP contribution < -0.4 is 0 Å². The zero-order valence-corrected chi connectivity index (χ0v) is 14.6. The zero-order valence-electron chi connectivity index (χ0n) is 14.6. The van der Waals surface area contributed by atoms with Gasteiger partial charge in [0.15, 0.2) is 11.6 Å². The average Bonchev–Trinajstić information content (AvgIpc) is 3.09. The minimum atomic E-state index is -0.981. The van der Waals surface area contributed by atoms with Gasteiger partial charge in [-0.25, -0.2) is 18.2 Å². The van der Waals surface area contributed by atoms with Gasteiger partial charge in [0.2, 0.25) is 5.90 Å². The predicted octanol–water partition coefficient (Wildman–Crippen LogP) is 4.73. The van der Waals surface area contributed by atoms with Gasteiger partial charge < -0.3 is 4.74 Å². The molecule has 0 fully saturated rings. The third-order valence-electron chi connectivity index (χ3n) is 4.28. The number of hydrogen-bond donors (Lipinski definition) is 1. The molecular weight excluding hydrogens is 369 g/mol. The van der Waals surface area contributed by atoms with Crippen LogP contribution in [0.15, 0.2) is 54.2 Å². The molecule has 1 N–H and O–H groups in total. The van der Waals surface area contributed by atoms with Gasteiger partial charge >= 0.3 is 0 Å². The number of ether oxygens (including phenoxy) is 1. The Labute approximate surface area is 157 Å². The Balaban J connectivity index is 1.91. The van der Waals surface area contributed by atoms with E-state index in [0.29, 0.717) is 33.2 Å². The van der Waals surface area contributed by atoms with Crippen LogP contribution in [-0.2, 0) is 4.74 Å². The number of H-pyrrole nitrogens is 1. The van der Waals surface area contributed by atoms with E-state index in [-0.39, 0.29) is 11.5 Å². The molecule has 0 unspecified atom stereocenters. The molecule has 4 rings (SSSR count). The summed E-state index contributed by atoms with van der Waals surface area (Å²) >= 11 is 0. The fourth-order valence-corrected chi connectivity index (χ4v) is 3.04. The standard InChI is InChI=1S/C20H13F3N4O/c1-3-28-20(24-2)18-10-4-6-16(25-15(10)7-5-12(18)21)19-11-8-13(22)14(23)9-17(11)26-27-19/h3-9H,1H2,2H3,(H,26,27). The van der Waals surface area contributed by atoms with Crippen LogP contribution in [0.5, 0.6) is 0 Å². The average molecular weight is 382 g/mol. The molecule has 0 aliphatic carbocycles. The molecule has 0 aliphatic heterocycles. The molecule has 2 heterocycles. The molecule has 2 aromatic heterocycles. The first kappa shape index (κ1) is 17.7. The Hall–Kier alpha value is -3.68. The smallest absolute Gasteiger partial charge is 0.224 e. The van der Waals surface area contributed by atoms with Crippen molar-refractivity contribution in [1.29, 1.82) is 0 Å². The number of pyridine rings is 1. The maximum absolute atomic E-state index is 14.4. The van der Waals surface area contributed by atoms with Crippen LogP contribution in [0.4, 0.5) is 13.2 Å². The van der Waals surface area contributed by atoms with Crippen molar-refractivity contribution in [3.8, 4) is 11.4 Å². The van der Waals surface area contributed by atoms with Crippen LogP contribution in [0, 0.1) is 17.5 Å². The van der Waals surface area contributed by atoms with Crippen molar-refractivity contribution in [3.05, 3.63) is 72.3 Å². The number of hydrogen-bond acceptors (Lipinski definition) is 4. The fourth-order valence-electron chi connectivity index (χ4n) is 3.04. The molecule has 8 heteroatoms. The number of nitrogens with one attached hydrogen (secondary N) is 1. The van der Waals surface area contributed by atoms with Gasteiger partial charge in [0.1, 0.15) is 11.5 Å². The monoisotopic (exact) mass is 382 g/mol. The molecule has 2 aromatic carbocycles. The largest absolute Gasteiger partial charge is 0.447 e. The molecule has 0 radical (unpaired) electrons. The molecule has 0 spiro atoms. The fraction of sp³-hybridized carbons (Fsp3) is 0.0500. The lowest BCUT2D eigenvalue weighted by molar-refractivity contribution is 0.471. The van der Waals surface area contributed by atoms with Gasteiger partial charge in [0, 0.05) is 23.9 Å². The zero-order chi connectivity index (χ0) is 19.8. The molecule has 0 amide bonds. The molecule has 0 saturated heterocycles. The maximum atomic E-state index is 14.4. The number of aliphatic imine (C=N–C) groups is 1. The van der Waals surface area contributed by atoms with Crippen LogP contribution in [0.3, 0.4) is 0 Å². The first-order chi connectivity index (χ1) is 13.5. The molecule has 0 saturated carbocycles. The molecule has 4 aromatic rings. The Morgan fingerprint density at radius 1 is 1.07 bits per heavy atom. The van der Waals surface area contributed by atoms with Crippen LogP contribution in [0.2, 0.25) is 0 Å². The van der Waals surface area contributed by atoms with E-state index >= 15 is 0 Å². The van der Waals surface area contributed by atoms with E-state index in [1.165, 1.54) is 19.2 Å². The minimum absolute atomic E-state index is 0.0652. The highest BCUT2D eigenvalue weighted by atomic mass is 19.2. The summed E-state index contributed by atoms with van der Waals surface area (Å²) in [6, 6.07) is 8.12. The Bertz CT molecular complexity index is 1260. The molecule has 0 atom stereocenters. The van der Waals surface area contributed by atoms with Crippen molar-refractivity contribution >= 4 is 27.7 Å². The van der Waals surface area contributed by atoms with Gasteiger partial charge in [-0.3, -0.25) is 10.1 Å². The summed E-state index contributed by atoms with van der Waals surface area (Å²) in [6.45, 7) is 3.46. The summed E-state index contributed by atoms with van der Waals surface area (Å²) in [7, 11) is 1.47. The summed E-state index contributed by atoms with van der Waals surface area (Å²) in [6.07, 6.45) is 1.16. The molecule has 140 valence electrons. The SMILES string of the molecule is C=COC(=NC)c1c(F)ccc2nc(-c3n[nH]c4cc(F)c(F)cc34)ccc12. The highest BCUT2D eigenvalue weighted by Gasteiger charge is 2.18. The van der Waals surface area contributed by atoms with Gasteiger partial charge in [-0.15, -0.1) is 0 Å². The molecule has 5 nitrogen and oxygen atoms in total. The Morgan fingerprint density at radius 2 is 1.86 bits per heavy atom. The summed E-state index contributed by atoms with van der Waals surface area (Å²) in [5.41, 5.74) is 1.73. The van der Waals surface area contributed by atoms with Crippen molar-refractivity contribution in [2.45, 2.75) is 0 Å². The number of halogens is 3. The summed E-state index contributed by atoms with van der Waals surface area (Å²) in [5.74, 6) is -2.41. The third-order valence-corrected chi connectivity index (χ3v) is 4.28. The van der Waals surface area contributed by atoms with Crippen molar-refractivity contribution in [2.75, 3.05) is 7.05 Å². The highest BCUT2D eigenvalue weighted by molar-refractivity contribution is 6.07. The second-order valence-electron chi connectivity index (χ2n) is 5.88. The molecule has 28 heavy (non-hydrogen) atoms. The third kappa shape index (κ3) is 2.79. The summed E-state index contributed by atoms with van der Waals surface area (Å²) in [4.78, 5) is 8.45. The van der Waals surface area contributed by atoms with Crippen molar-refractivity contribution in [3.63, 3.8) is 0 Å². The predicted molar refractivity (Wildman–Crippen MR) is 100 cm³/mol. The lowest BCUT2D eigenvalue weighted by Gasteiger charge is -2.10. The maximum Gasteiger partial charge on any atom is 0.224 e. The topological polar surface area (TPSA) is 63.2 Å². The normalized spacial score (nSPS) is 11.9. The second kappa shape index (κ2) is 6.80. The number of rotatable bonds is 3. The molecule has 0 bridgehead atoms. The summed E-state index contributed by atoms with van der Waals surface area (Å²) < 4.78 is 46.7. The van der Waals surface area contributed by atoms with Crippen LogP contribution in [-0.4, -0.2) is 28.1 Å². The molecule has 0 aliphatic rings. The number of aromatic amines is 1. The van der Waals surface area contributed by atoms with Crippen molar-refractivity contribution in [2.24, 2.45) is 4.99 Å². The van der Waals surface area contributed by atoms with Gasteiger partial charge in [0.05, 0.1) is 28.6 Å². The van der Waals surface area contributed by atoms with Crippen molar-refractivity contribution in [1.82, 2.24) is 15.2 Å². The second-order valence-corrected chi connectivity index (χ2v) is 5.88. The van der Waals surface area contributed by atoms with E-state index in [2.05, 4.69) is 26.8 Å². The number of aromatic nitrogens is 3. The van der Waals surface area contributed by atoms with E-state index in [0.717, 1.165) is 18.4 Å². The number of nitrogens with zero attached hydrogens (tertiary/aromatic N) is 3. The van der Waals surface area contributed by atoms with Crippen molar-refractivity contribution < 1.29 is 17.9 Å². The van der Waals surface area contributed by atoms with Gasteiger partial charge in [0.25, 0.3) is 0 Å². The lowest BCUT2D eigenvalue weighted by atomic mass is 10.1. The van der Waals surface area contributed by atoms with Gasteiger partial charge in [-0.05, 0) is 30.3 Å². The van der Waals surface area contributed by atoms with Crippen LogP contribution in [0.1, 0.15) is 5.56 Å². The van der Waals surface area contributed by atoms with E-state index in [1.807, 2.05) is 0 Å². The highest BCUT2D eigenvalue weighted by Crippen LogP contribution is 2.29. The molecular formula is C20H13F3N4O. The van der Waals surface area contributed by atoms with Crippen LogP contribution >= 0.6 is 0 Å². The first-order valence-electron chi connectivity index (χ1n) is 8.21. The quantitative estimate of drug-likeness (QED) is 0.316. The van der Waals surface area contributed by atoms with Gasteiger partial charge in [-0.2, -0.15) is 5.10 Å².